The summed E-state index contributed by atoms with van der Waals surface area (Å²) >= 11 is 5.10. The van der Waals surface area contributed by atoms with Crippen molar-refractivity contribution in [2.75, 3.05) is 13.2 Å². The molecule has 0 fully saturated rings. The van der Waals surface area contributed by atoms with E-state index in [4.69, 9.17) is 4.74 Å². The van der Waals surface area contributed by atoms with Gasteiger partial charge in [-0.15, -0.1) is 11.3 Å². The second kappa shape index (κ2) is 9.09. The lowest BCUT2D eigenvalue weighted by molar-refractivity contribution is -0.143. The highest BCUT2D eigenvalue weighted by atomic mass is 79.9. The minimum absolute atomic E-state index is 0.0140. The monoisotopic (exact) mass is 347 g/mol. The number of hydrogen-bond acceptors (Lipinski definition) is 4. The predicted octanol–water partition coefficient (Wildman–Crippen LogP) is 2.90. The minimum Gasteiger partial charge on any atom is -0.466 e. The molecule has 106 valence electrons. The van der Waals surface area contributed by atoms with Gasteiger partial charge in [0, 0.05) is 17.8 Å². The summed E-state index contributed by atoms with van der Waals surface area (Å²) < 4.78 is 5.88. The lowest BCUT2D eigenvalue weighted by Gasteiger charge is -2.04. The fourth-order valence-corrected chi connectivity index (χ4v) is 3.06. The van der Waals surface area contributed by atoms with Crippen molar-refractivity contribution in [3.8, 4) is 0 Å². The highest BCUT2D eigenvalue weighted by molar-refractivity contribution is 9.11. The SMILES string of the molecule is CCOC(=O)CCNC(=O)CCCc1ccc(Br)s1. The van der Waals surface area contributed by atoms with Gasteiger partial charge in [0.25, 0.3) is 0 Å². The molecule has 0 radical (unpaired) electrons. The van der Waals surface area contributed by atoms with Gasteiger partial charge in [0.1, 0.15) is 0 Å². The van der Waals surface area contributed by atoms with E-state index in [0.29, 0.717) is 19.6 Å². The zero-order chi connectivity index (χ0) is 14.1. The van der Waals surface area contributed by atoms with E-state index in [-0.39, 0.29) is 18.3 Å². The molecule has 0 spiro atoms. The molecule has 1 aromatic rings. The Hall–Kier alpha value is -0.880. The highest BCUT2D eigenvalue weighted by Crippen LogP contribution is 2.23. The molecule has 0 aliphatic carbocycles. The van der Waals surface area contributed by atoms with Crippen LogP contribution >= 0.6 is 27.3 Å². The third-order valence-corrected chi connectivity index (χ3v) is 4.10. The number of hydrogen-bond donors (Lipinski definition) is 1. The molecule has 1 rings (SSSR count). The second-order valence-electron chi connectivity index (χ2n) is 3.96. The molecule has 1 aromatic heterocycles. The van der Waals surface area contributed by atoms with E-state index in [1.807, 2.05) is 6.07 Å². The number of carbonyl (C=O) groups is 2. The molecular weight excluding hydrogens is 330 g/mol. The zero-order valence-electron chi connectivity index (χ0n) is 10.9. The first-order chi connectivity index (χ1) is 9.11. The molecular formula is C13H18BrNO3S. The average molecular weight is 348 g/mol. The number of nitrogens with one attached hydrogen (secondary N) is 1. The van der Waals surface area contributed by atoms with E-state index in [0.717, 1.165) is 16.6 Å². The van der Waals surface area contributed by atoms with Gasteiger partial charge in [-0.2, -0.15) is 0 Å². The topological polar surface area (TPSA) is 55.4 Å². The molecule has 0 bridgehead atoms. The zero-order valence-corrected chi connectivity index (χ0v) is 13.3. The molecule has 0 aliphatic rings. The third kappa shape index (κ3) is 7.32. The van der Waals surface area contributed by atoms with E-state index >= 15 is 0 Å². The molecule has 1 heterocycles. The van der Waals surface area contributed by atoms with Crippen LogP contribution in [0.5, 0.6) is 0 Å². The summed E-state index contributed by atoms with van der Waals surface area (Å²) in [6.07, 6.45) is 2.44. The Kier molecular flexibility index (Phi) is 7.74. The smallest absolute Gasteiger partial charge is 0.307 e. The van der Waals surface area contributed by atoms with Crippen LogP contribution in [-0.4, -0.2) is 25.0 Å². The van der Waals surface area contributed by atoms with Crippen LogP contribution < -0.4 is 5.32 Å². The van der Waals surface area contributed by atoms with Crippen LogP contribution in [0, 0.1) is 0 Å². The number of aryl methyl sites for hydroxylation is 1. The number of esters is 1. The Morgan fingerprint density at radius 2 is 2.16 bits per heavy atom. The Balaban J connectivity index is 2.06. The molecule has 19 heavy (non-hydrogen) atoms. The minimum atomic E-state index is -0.272. The maximum absolute atomic E-state index is 11.5. The van der Waals surface area contributed by atoms with E-state index in [2.05, 4.69) is 27.3 Å². The number of carbonyl (C=O) groups excluding carboxylic acids is 2. The van der Waals surface area contributed by atoms with Gasteiger partial charge < -0.3 is 10.1 Å². The van der Waals surface area contributed by atoms with Crippen molar-refractivity contribution in [3.05, 3.63) is 20.8 Å². The van der Waals surface area contributed by atoms with Gasteiger partial charge in [0.05, 0.1) is 16.8 Å². The van der Waals surface area contributed by atoms with Gasteiger partial charge in [-0.3, -0.25) is 9.59 Å². The summed E-state index contributed by atoms with van der Waals surface area (Å²) in [7, 11) is 0. The maximum Gasteiger partial charge on any atom is 0.307 e. The van der Waals surface area contributed by atoms with E-state index in [1.54, 1.807) is 18.3 Å². The Bertz CT molecular complexity index is 420. The van der Waals surface area contributed by atoms with Crippen LogP contribution in [0.2, 0.25) is 0 Å². The van der Waals surface area contributed by atoms with E-state index < -0.39 is 0 Å². The standard InChI is InChI=1S/C13H18BrNO3S/c1-2-18-13(17)8-9-15-12(16)5-3-4-10-6-7-11(14)19-10/h6-7H,2-5,8-9H2,1H3,(H,15,16). The molecule has 0 saturated carbocycles. The second-order valence-corrected chi connectivity index (χ2v) is 6.51. The first-order valence-electron chi connectivity index (χ1n) is 6.28. The van der Waals surface area contributed by atoms with Crippen LogP contribution in [0.4, 0.5) is 0 Å². The van der Waals surface area contributed by atoms with Crippen LogP contribution in [0.15, 0.2) is 15.9 Å². The van der Waals surface area contributed by atoms with Gasteiger partial charge in [0.15, 0.2) is 0 Å². The van der Waals surface area contributed by atoms with Gasteiger partial charge in [0.2, 0.25) is 5.91 Å². The average Bonchev–Trinajstić information content (AvgIpc) is 2.75. The van der Waals surface area contributed by atoms with Crippen molar-refractivity contribution in [3.63, 3.8) is 0 Å². The number of halogens is 1. The van der Waals surface area contributed by atoms with Crippen molar-refractivity contribution in [1.82, 2.24) is 5.32 Å². The van der Waals surface area contributed by atoms with Crippen molar-refractivity contribution >= 4 is 39.1 Å². The van der Waals surface area contributed by atoms with Crippen LogP contribution in [0.1, 0.15) is 31.1 Å². The number of ether oxygens (including phenoxy) is 1. The van der Waals surface area contributed by atoms with Gasteiger partial charge >= 0.3 is 5.97 Å². The molecule has 0 saturated heterocycles. The summed E-state index contributed by atoms with van der Waals surface area (Å²) in [4.78, 5) is 23.8. The van der Waals surface area contributed by atoms with E-state index in [9.17, 15) is 9.59 Å². The van der Waals surface area contributed by atoms with Crippen LogP contribution in [0.3, 0.4) is 0 Å². The quantitative estimate of drug-likeness (QED) is 0.735. The fourth-order valence-electron chi connectivity index (χ4n) is 1.53. The summed E-state index contributed by atoms with van der Waals surface area (Å²) in [5.74, 6) is -0.286. The number of thiophene rings is 1. The van der Waals surface area contributed by atoms with Gasteiger partial charge in [-0.05, 0) is 47.8 Å². The third-order valence-electron chi connectivity index (χ3n) is 2.41. The highest BCUT2D eigenvalue weighted by Gasteiger charge is 2.05. The first-order valence-corrected chi connectivity index (χ1v) is 7.89. The predicted molar refractivity (Wildman–Crippen MR) is 79.2 cm³/mol. The first kappa shape index (κ1) is 16.2. The molecule has 1 N–H and O–H groups in total. The normalized spacial score (nSPS) is 10.2. The molecule has 1 amide bonds. The van der Waals surface area contributed by atoms with Crippen LogP contribution in [-0.2, 0) is 20.7 Å². The summed E-state index contributed by atoms with van der Waals surface area (Å²) in [6, 6.07) is 4.08. The summed E-state index contributed by atoms with van der Waals surface area (Å²) in [5, 5.41) is 2.72. The molecule has 6 heteroatoms. The Labute approximate surface area is 125 Å². The van der Waals surface area contributed by atoms with E-state index in [1.165, 1.54) is 4.88 Å². The molecule has 4 nitrogen and oxygen atoms in total. The summed E-state index contributed by atoms with van der Waals surface area (Å²) in [5.41, 5.74) is 0. The van der Waals surface area contributed by atoms with Gasteiger partial charge in [-0.1, -0.05) is 0 Å². The summed E-state index contributed by atoms with van der Waals surface area (Å²) in [6.45, 7) is 2.49. The lowest BCUT2D eigenvalue weighted by atomic mass is 10.2. The van der Waals surface area contributed by atoms with Crippen molar-refractivity contribution in [1.29, 1.82) is 0 Å². The molecule has 0 aromatic carbocycles. The fraction of sp³-hybridized carbons (Fsp3) is 0.538. The van der Waals surface area contributed by atoms with Crippen molar-refractivity contribution in [2.24, 2.45) is 0 Å². The van der Waals surface area contributed by atoms with Crippen molar-refractivity contribution < 1.29 is 14.3 Å². The Morgan fingerprint density at radius 1 is 1.37 bits per heavy atom. The number of amides is 1. The largest absolute Gasteiger partial charge is 0.466 e. The molecule has 0 atom stereocenters. The van der Waals surface area contributed by atoms with Gasteiger partial charge in [-0.25, -0.2) is 0 Å². The Morgan fingerprint density at radius 3 is 2.79 bits per heavy atom. The lowest BCUT2D eigenvalue weighted by Crippen LogP contribution is -2.26. The maximum atomic E-state index is 11.5. The van der Waals surface area contributed by atoms with Crippen molar-refractivity contribution in [2.45, 2.75) is 32.6 Å². The number of rotatable bonds is 8. The molecule has 0 unspecified atom stereocenters. The molecule has 0 aliphatic heterocycles. The van der Waals surface area contributed by atoms with Crippen LogP contribution in [0.25, 0.3) is 0 Å².